The van der Waals surface area contributed by atoms with E-state index in [4.69, 9.17) is 10.00 Å². The number of fused-ring (bicyclic) bond motifs is 1. The van der Waals surface area contributed by atoms with Gasteiger partial charge in [0, 0.05) is 19.4 Å². The van der Waals surface area contributed by atoms with Crippen LogP contribution in [0.25, 0.3) is 0 Å². The molecule has 0 bridgehead atoms. The van der Waals surface area contributed by atoms with Crippen molar-refractivity contribution < 1.29 is 9.53 Å². The first-order valence-corrected chi connectivity index (χ1v) is 6.18. The van der Waals surface area contributed by atoms with Crippen LogP contribution in [-0.4, -0.2) is 30.0 Å². The number of hydrogen-bond acceptors (Lipinski definition) is 3. The first-order valence-electron chi connectivity index (χ1n) is 6.18. The lowest BCUT2D eigenvalue weighted by Gasteiger charge is -2.20. The number of hydrogen-bond donors (Lipinski definition) is 0. The summed E-state index contributed by atoms with van der Waals surface area (Å²) in [6.45, 7) is 1.14. The molecule has 0 spiro atoms. The van der Waals surface area contributed by atoms with Crippen molar-refractivity contribution in [1.29, 1.82) is 5.26 Å². The van der Waals surface area contributed by atoms with Crippen molar-refractivity contribution in [2.75, 3.05) is 13.1 Å². The van der Waals surface area contributed by atoms with E-state index >= 15 is 0 Å². The Morgan fingerprint density at radius 2 is 2.22 bits per heavy atom. The lowest BCUT2D eigenvalue weighted by Crippen LogP contribution is -2.35. The molecule has 1 aromatic carbocycles. The Bertz CT molecular complexity index is 496. The minimum absolute atomic E-state index is 0.0313. The topological polar surface area (TPSA) is 53.3 Å². The second-order valence-corrected chi connectivity index (χ2v) is 4.88. The molecule has 1 fully saturated rings. The van der Waals surface area contributed by atoms with Gasteiger partial charge in [-0.25, -0.2) is 0 Å². The zero-order valence-corrected chi connectivity index (χ0v) is 10.0. The molecular weight excluding hydrogens is 228 g/mol. The van der Waals surface area contributed by atoms with Crippen molar-refractivity contribution >= 4 is 5.91 Å². The molecule has 4 nitrogen and oxygen atoms in total. The number of para-hydroxylation sites is 1. The molecule has 2 atom stereocenters. The maximum atomic E-state index is 11.7. The van der Waals surface area contributed by atoms with Gasteiger partial charge in [0.05, 0.1) is 18.5 Å². The molecule has 1 saturated heterocycles. The normalized spacial score (nSPS) is 25.7. The van der Waals surface area contributed by atoms with Crippen molar-refractivity contribution in [3.05, 3.63) is 29.8 Å². The fraction of sp³-hybridized carbons (Fsp3) is 0.429. The Morgan fingerprint density at radius 3 is 2.94 bits per heavy atom. The summed E-state index contributed by atoms with van der Waals surface area (Å²) in [5, 5.41) is 8.84. The van der Waals surface area contributed by atoms with Gasteiger partial charge in [0.2, 0.25) is 5.91 Å². The van der Waals surface area contributed by atoms with Gasteiger partial charge in [-0.3, -0.25) is 4.79 Å². The summed E-state index contributed by atoms with van der Waals surface area (Å²) in [7, 11) is 0. The molecule has 3 rings (SSSR count). The summed E-state index contributed by atoms with van der Waals surface area (Å²) in [5.41, 5.74) is 1.20. The predicted molar refractivity (Wildman–Crippen MR) is 64.9 cm³/mol. The van der Waals surface area contributed by atoms with Crippen LogP contribution in [-0.2, 0) is 11.2 Å². The first kappa shape index (κ1) is 11.1. The minimum Gasteiger partial charge on any atom is -0.488 e. The van der Waals surface area contributed by atoms with Gasteiger partial charge in [0.25, 0.3) is 0 Å². The van der Waals surface area contributed by atoms with Crippen molar-refractivity contribution in [2.24, 2.45) is 5.92 Å². The standard InChI is InChI=1S/C14H14N2O2/c15-7-10-5-14(17)16(8-10)9-12-6-11-3-1-2-4-13(11)18-12/h1-4,10,12H,5-6,8-9H2. The van der Waals surface area contributed by atoms with Crippen LogP contribution in [0, 0.1) is 17.2 Å². The van der Waals surface area contributed by atoms with Gasteiger partial charge in [-0.15, -0.1) is 0 Å². The average molecular weight is 242 g/mol. The van der Waals surface area contributed by atoms with E-state index < -0.39 is 0 Å². The van der Waals surface area contributed by atoms with Crippen LogP contribution in [0.4, 0.5) is 0 Å². The number of benzene rings is 1. The van der Waals surface area contributed by atoms with Gasteiger partial charge < -0.3 is 9.64 Å². The maximum Gasteiger partial charge on any atom is 0.224 e. The zero-order valence-electron chi connectivity index (χ0n) is 10.0. The SMILES string of the molecule is N#CC1CC(=O)N(CC2Cc3ccccc3O2)C1. The molecule has 2 aliphatic heterocycles. The van der Waals surface area contributed by atoms with Crippen LogP contribution in [0.1, 0.15) is 12.0 Å². The van der Waals surface area contributed by atoms with Crippen LogP contribution in [0.5, 0.6) is 5.75 Å². The van der Waals surface area contributed by atoms with Crippen LogP contribution in [0.3, 0.4) is 0 Å². The van der Waals surface area contributed by atoms with E-state index in [2.05, 4.69) is 12.1 Å². The Kier molecular flexibility index (Phi) is 2.67. The third-order valence-corrected chi connectivity index (χ3v) is 3.53. The van der Waals surface area contributed by atoms with Crippen LogP contribution >= 0.6 is 0 Å². The molecule has 0 aliphatic carbocycles. The van der Waals surface area contributed by atoms with Gasteiger partial charge in [-0.1, -0.05) is 18.2 Å². The zero-order chi connectivity index (χ0) is 12.5. The molecule has 2 aliphatic rings. The van der Waals surface area contributed by atoms with Crippen LogP contribution < -0.4 is 4.74 Å². The molecule has 4 heteroatoms. The number of ether oxygens (including phenoxy) is 1. The Morgan fingerprint density at radius 1 is 1.39 bits per heavy atom. The Labute approximate surface area is 106 Å². The second kappa shape index (κ2) is 4.34. The number of nitriles is 1. The lowest BCUT2D eigenvalue weighted by atomic mass is 10.1. The molecule has 1 amide bonds. The van der Waals surface area contributed by atoms with E-state index in [9.17, 15) is 4.79 Å². The van der Waals surface area contributed by atoms with Gasteiger partial charge in [-0.2, -0.15) is 5.26 Å². The Balaban J connectivity index is 1.63. The molecule has 0 N–H and O–H groups in total. The minimum atomic E-state index is -0.152. The van der Waals surface area contributed by atoms with Gasteiger partial charge in [0.1, 0.15) is 11.9 Å². The number of carbonyl (C=O) groups excluding carboxylic acids is 1. The molecule has 0 saturated carbocycles. The molecule has 2 unspecified atom stereocenters. The summed E-state index contributed by atoms with van der Waals surface area (Å²) in [6, 6.07) is 10.1. The van der Waals surface area contributed by atoms with Gasteiger partial charge >= 0.3 is 0 Å². The highest BCUT2D eigenvalue weighted by atomic mass is 16.5. The first-order chi connectivity index (χ1) is 8.76. The van der Waals surface area contributed by atoms with Crippen molar-refractivity contribution in [3.63, 3.8) is 0 Å². The summed E-state index contributed by atoms with van der Waals surface area (Å²) in [5.74, 6) is 0.841. The van der Waals surface area contributed by atoms with E-state index in [0.717, 1.165) is 12.2 Å². The molecule has 92 valence electrons. The largest absolute Gasteiger partial charge is 0.488 e. The quantitative estimate of drug-likeness (QED) is 0.787. The number of amides is 1. The summed E-state index contributed by atoms with van der Waals surface area (Å²) in [6.07, 6.45) is 1.23. The van der Waals surface area contributed by atoms with E-state index in [1.165, 1.54) is 5.56 Å². The second-order valence-electron chi connectivity index (χ2n) is 4.88. The van der Waals surface area contributed by atoms with Crippen molar-refractivity contribution in [1.82, 2.24) is 4.90 Å². The van der Waals surface area contributed by atoms with Crippen molar-refractivity contribution in [2.45, 2.75) is 18.9 Å². The van der Waals surface area contributed by atoms with E-state index in [-0.39, 0.29) is 17.9 Å². The smallest absolute Gasteiger partial charge is 0.224 e. The van der Waals surface area contributed by atoms with Crippen molar-refractivity contribution in [3.8, 4) is 11.8 Å². The predicted octanol–water partition coefficient (Wildman–Crippen LogP) is 1.36. The molecule has 18 heavy (non-hydrogen) atoms. The summed E-state index contributed by atoms with van der Waals surface area (Å²) < 4.78 is 5.81. The molecular formula is C14H14N2O2. The summed E-state index contributed by atoms with van der Waals surface area (Å²) >= 11 is 0. The highest BCUT2D eigenvalue weighted by Crippen LogP contribution is 2.29. The molecule has 1 aromatic rings. The van der Waals surface area contributed by atoms with E-state index in [0.29, 0.717) is 19.5 Å². The highest BCUT2D eigenvalue weighted by molar-refractivity contribution is 5.79. The van der Waals surface area contributed by atoms with Gasteiger partial charge in [-0.05, 0) is 11.6 Å². The highest BCUT2D eigenvalue weighted by Gasteiger charge is 2.33. The monoisotopic (exact) mass is 242 g/mol. The Hall–Kier alpha value is -2.02. The molecule has 2 heterocycles. The third-order valence-electron chi connectivity index (χ3n) is 3.53. The molecule has 0 aromatic heterocycles. The fourth-order valence-electron chi connectivity index (χ4n) is 2.64. The number of likely N-dealkylation sites (tertiary alicyclic amines) is 1. The number of carbonyl (C=O) groups is 1. The average Bonchev–Trinajstić information content (AvgIpc) is 2.93. The lowest BCUT2D eigenvalue weighted by molar-refractivity contribution is -0.128. The third kappa shape index (κ3) is 1.92. The maximum absolute atomic E-state index is 11.7. The molecule has 0 radical (unpaired) electrons. The van der Waals surface area contributed by atoms with Gasteiger partial charge in [0.15, 0.2) is 0 Å². The number of rotatable bonds is 2. The fourth-order valence-corrected chi connectivity index (χ4v) is 2.64. The van der Waals surface area contributed by atoms with Crippen LogP contribution in [0.2, 0.25) is 0 Å². The summed E-state index contributed by atoms with van der Waals surface area (Å²) in [4.78, 5) is 13.5. The van der Waals surface area contributed by atoms with Crippen LogP contribution in [0.15, 0.2) is 24.3 Å². The number of nitrogens with zero attached hydrogens (tertiary/aromatic N) is 2. The van der Waals surface area contributed by atoms with E-state index in [1.807, 2.05) is 18.2 Å². The van der Waals surface area contributed by atoms with E-state index in [1.54, 1.807) is 4.90 Å².